The first kappa shape index (κ1) is 27.5. The quantitative estimate of drug-likeness (QED) is 0.209. The number of H-pyrrole nitrogens is 2. The summed E-state index contributed by atoms with van der Waals surface area (Å²) >= 11 is 0. The first-order valence-corrected chi connectivity index (χ1v) is 14.7. The highest BCUT2D eigenvalue weighted by molar-refractivity contribution is 6.04. The van der Waals surface area contributed by atoms with Gasteiger partial charge in [-0.1, -0.05) is 37.6 Å². The number of likely N-dealkylation sites (tertiary alicyclic amines) is 1. The number of pyridine rings is 1. The van der Waals surface area contributed by atoms with Crippen LogP contribution in [0.4, 0.5) is 5.69 Å². The van der Waals surface area contributed by atoms with Gasteiger partial charge in [-0.15, -0.1) is 0 Å². The molecule has 6 rings (SSSR count). The summed E-state index contributed by atoms with van der Waals surface area (Å²) < 4.78 is 7.78. The van der Waals surface area contributed by atoms with Crippen molar-refractivity contribution in [3.05, 3.63) is 100 Å². The number of anilines is 1. The van der Waals surface area contributed by atoms with Crippen molar-refractivity contribution in [3.8, 4) is 17.0 Å². The molecule has 1 amide bonds. The van der Waals surface area contributed by atoms with E-state index < -0.39 is 0 Å². The Balaban J connectivity index is 1.12. The number of aryl methyl sites for hydroxylation is 1. The van der Waals surface area contributed by atoms with Crippen molar-refractivity contribution in [3.63, 3.8) is 0 Å². The second kappa shape index (κ2) is 12.5. The topological polar surface area (TPSA) is 108 Å². The molecule has 5 aromatic rings. The van der Waals surface area contributed by atoms with Gasteiger partial charge >= 0.3 is 0 Å². The second-order valence-electron chi connectivity index (χ2n) is 10.9. The van der Waals surface area contributed by atoms with Crippen LogP contribution < -0.4 is 15.6 Å². The monoisotopic (exact) mass is 564 g/mol. The van der Waals surface area contributed by atoms with Crippen LogP contribution in [0.25, 0.3) is 22.2 Å². The van der Waals surface area contributed by atoms with Gasteiger partial charge in [-0.2, -0.15) is 5.10 Å². The first-order chi connectivity index (χ1) is 20.5. The van der Waals surface area contributed by atoms with E-state index in [2.05, 4.69) is 50.4 Å². The molecule has 0 spiro atoms. The van der Waals surface area contributed by atoms with Crippen molar-refractivity contribution < 1.29 is 9.53 Å². The van der Waals surface area contributed by atoms with Gasteiger partial charge in [0.2, 0.25) is 0 Å². The molecule has 0 saturated carbocycles. The molecule has 0 unspecified atom stereocenters. The number of hydrogen-bond acceptors (Lipinski definition) is 5. The standard InChI is InChI=1S/C33H36N6O3/c1-2-23-7-6-8-24(15-23)21-39-22-26(19-35-39)32(40)36-27-18-29(33(41)34-20-27)31-17-25-16-28(9-10-30(25)37-31)42-14-13-38-11-4-3-5-12-38/h6-10,15-20,22,37H,2-5,11-14,21H2,1H3,(H,34,41)(H,36,40). The first-order valence-electron chi connectivity index (χ1n) is 14.7. The van der Waals surface area contributed by atoms with Crippen LogP contribution in [0.2, 0.25) is 0 Å². The van der Waals surface area contributed by atoms with Gasteiger partial charge in [0.1, 0.15) is 12.4 Å². The summed E-state index contributed by atoms with van der Waals surface area (Å²) in [6, 6.07) is 17.8. The zero-order chi connectivity index (χ0) is 28.9. The van der Waals surface area contributed by atoms with Gasteiger partial charge in [0.25, 0.3) is 11.5 Å². The SMILES string of the molecule is CCc1cccc(Cn2cc(C(=O)Nc3c[nH]c(=O)c(-c4cc5cc(OCCN6CCCCC6)ccc5[nH]4)c3)cn2)c1. The summed E-state index contributed by atoms with van der Waals surface area (Å²) in [6.07, 6.45) is 9.60. The minimum Gasteiger partial charge on any atom is -0.492 e. The third kappa shape index (κ3) is 6.47. The van der Waals surface area contributed by atoms with Crippen molar-refractivity contribution in [1.29, 1.82) is 0 Å². The van der Waals surface area contributed by atoms with Crippen LogP contribution >= 0.6 is 0 Å². The fourth-order valence-corrected chi connectivity index (χ4v) is 5.48. The normalized spacial score (nSPS) is 13.8. The van der Waals surface area contributed by atoms with E-state index in [1.165, 1.54) is 31.0 Å². The lowest BCUT2D eigenvalue weighted by atomic mass is 10.1. The molecule has 1 saturated heterocycles. The Hall–Kier alpha value is -4.63. The molecule has 9 nitrogen and oxygen atoms in total. The molecule has 0 aliphatic carbocycles. The van der Waals surface area contributed by atoms with E-state index in [4.69, 9.17) is 4.74 Å². The van der Waals surface area contributed by atoms with E-state index in [1.807, 2.05) is 30.3 Å². The number of ether oxygens (including phenoxy) is 1. The molecule has 1 fully saturated rings. The van der Waals surface area contributed by atoms with Crippen LogP contribution in [-0.4, -0.2) is 56.8 Å². The summed E-state index contributed by atoms with van der Waals surface area (Å²) in [5.74, 6) is 0.503. The van der Waals surface area contributed by atoms with E-state index in [1.54, 1.807) is 23.1 Å². The molecular formula is C33H36N6O3. The number of piperidine rings is 1. The second-order valence-corrected chi connectivity index (χ2v) is 10.9. The number of amides is 1. The van der Waals surface area contributed by atoms with Gasteiger partial charge in [-0.3, -0.25) is 19.2 Å². The highest BCUT2D eigenvalue weighted by Crippen LogP contribution is 2.27. The molecule has 0 radical (unpaired) electrons. The Bertz CT molecular complexity index is 1740. The highest BCUT2D eigenvalue weighted by atomic mass is 16.5. The lowest BCUT2D eigenvalue weighted by Gasteiger charge is -2.26. The number of nitrogens with zero attached hydrogens (tertiary/aromatic N) is 3. The van der Waals surface area contributed by atoms with Gasteiger partial charge in [0.05, 0.1) is 35.2 Å². The summed E-state index contributed by atoms with van der Waals surface area (Å²) in [5.41, 5.74) is 5.06. The van der Waals surface area contributed by atoms with Crippen molar-refractivity contribution in [1.82, 2.24) is 24.6 Å². The maximum atomic E-state index is 13.0. The predicted molar refractivity (Wildman–Crippen MR) is 165 cm³/mol. The van der Waals surface area contributed by atoms with Crippen molar-refractivity contribution in [2.45, 2.75) is 39.2 Å². The van der Waals surface area contributed by atoms with Gasteiger partial charge in [-0.25, -0.2) is 0 Å². The minimum atomic E-state index is -0.301. The lowest BCUT2D eigenvalue weighted by Crippen LogP contribution is -2.33. The molecule has 3 aromatic heterocycles. The largest absolute Gasteiger partial charge is 0.492 e. The van der Waals surface area contributed by atoms with E-state index in [0.717, 1.165) is 48.3 Å². The molecule has 0 bridgehead atoms. The van der Waals surface area contributed by atoms with Crippen LogP contribution in [0.15, 0.2) is 78.0 Å². The van der Waals surface area contributed by atoms with Gasteiger partial charge in [-0.05, 0) is 73.8 Å². The van der Waals surface area contributed by atoms with Crippen LogP contribution in [0.5, 0.6) is 5.75 Å². The van der Waals surface area contributed by atoms with Crippen molar-refractivity contribution in [2.75, 3.05) is 31.6 Å². The molecule has 2 aromatic carbocycles. The molecule has 3 N–H and O–H groups in total. The Labute approximate surface area is 244 Å². The van der Waals surface area contributed by atoms with Gasteiger partial charge < -0.3 is 20.0 Å². The molecule has 9 heteroatoms. The van der Waals surface area contributed by atoms with Crippen LogP contribution in [0.3, 0.4) is 0 Å². The van der Waals surface area contributed by atoms with E-state index >= 15 is 0 Å². The number of aromatic amines is 2. The number of nitrogens with one attached hydrogen (secondary N) is 3. The zero-order valence-electron chi connectivity index (χ0n) is 23.9. The number of aromatic nitrogens is 4. The van der Waals surface area contributed by atoms with Crippen LogP contribution in [-0.2, 0) is 13.0 Å². The smallest absolute Gasteiger partial charge is 0.258 e. The molecule has 42 heavy (non-hydrogen) atoms. The molecule has 4 heterocycles. The molecule has 0 atom stereocenters. The fraction of sp³-hybridized carbons (Fsp3) is 0.303. The third-order valence-corrected chi connectivity index (χ3v) is 7.81. The Morgan fingerprint density at radius 2 is 1.90 bits per heavy atom. The lowest BCUT2D eigenvalue weighted by molar-refractivity contribution is 0.102. The number of benzene rings is 2. The van der Waals surface area contributed by atoms with Gasteiger partial charge in [0.15, 0.2) is 0 Å². The molecule has 216 valence electrons. The number of fused-ring (bicyclic) bond motifs is 1. The number of carbonyl (C=O) groups is 1. The maximum absolute atomic E-state index is 13.0. The van der Waals surface area contributed by atoms with Crippen molar-refractivity contribution in [2.24, 2.45) is 0 Å². The number of rotatable bonds is 10. The minimum absolute atomic E-state index is 0.250. The summed E-state index contributed by atoms with van der Waals surface area (Å²) in [4.78, 5) is 34.3. The van der Waals surface area contributed by atoms with Crippen LogP contribution in [0, 0.1) is 0 Å². The summed E-state index contributed by atoms with van der Waals surface area (Å²) in [7, 11) is 0. The van der Waals surface area contributed by atoms with E-state index in [9.17, 15) is 9.59 Å². The Morgan fingerprint density at radius 3 is 2.76 bits per heavy atom. The Kier molecular flexibility index (Phi) is 8.18. The predicted octanol–water partition coefficient (Wildman–Crippen LogP) is 5.45. The molecule has 1 aliphatic rings. The summed E-state index contributed by atoms with van der Waals surface area (Å²) in [6.45, 7) is 6.58. The maximum Gasteiger partial charge on any atom is 0.258 e. The Morgan fingerprint density at radius 1 is 1.05 bits per heavy atom. The molecule has 1 aliphatic heterocycles. The van der Waals surface area contributed by atoms with E-state index in [-0.39, 0.29) is 11.5 Å². The fourth-order valence-electron chi connectivity index (χ4n) is 5.48. The number of hydrogen-bond donors (Lipinski definition) is 3. The zero-order valence-corrected chi connectivity index (χ0v) is 23.9. The summed E-state index contributed by atoms with van der Waals surface area (Å²) in [5, 5.41) is 8.20. The number of carbonyl (C=O) groups excluding carboxylic acids is 1. The van der Waals surface area contributed by atoms with Crippen LogP contribution in [0.1, 0.15) is 47.7 Å². The third-order valence-electron chi connectivity index (χ3n) is 7.81. The average molecular weight is 565 g/mol. The van der Waals surface area contributed by atoms with E-state index in [0.29, 0.717) is 35.7 Å². The van der Waals surface area contributed by atoms with Gasteiger partial charge in [0, 0.05) is 29.8 Å². The molecular weight excluding hydrogens is 528 g/mol. The van der Waals surface area contributed by atoms with Crippen molar-refractivity contribution >= 4 is 22.5 Å². The average Bonchev–Trinajstić information content (AvgIpc) is 3.66. The highest BCUT2D eigenvalue weighted by Gasteiger charge is 2.14.